The highest BCUT2D eigenvalue weighted by Gasteiger charge is 2.17. The lowest BCUT2D eigenvalue weighted by molar-refractivity contribution is -0.125. The Balaban J connectivity index is 1.34. The third-order valence-corrected chi connectivity index (χ3v) is 5.18. The number of amides is 2. The summed E-state index contributed by atoms with van der Waals surface area (Å²) in [6.45, 7) is 1.51. The van der Waals surface area contributed by atoms with E-state index in [1.807, 2.05) is 54.6 Å². The molecule has 1 atom stereocenters. The van der Waals surface area contributed by atoms with Crippen molar-refractivity contribution in [2.75, 3.05) is 5.32 Å². The number of carbonyl (C=O) groups is 2. The molecule has 2 amide bonds. The lowest BCUT2D eigenvalue weighted by atomic mass is 10.0. The molecule has 4 aromatic rings. The van der Waals surface area contributed by atoms with Crippen LogP contribution in [0, 0.1) is 11.6 Å². The van der Waals surface area contributed by atoms with Gasteiger partial charge < -0.3 is 10.6 Å². The maximum absolute atomic E-state index is 13.3. The fraction of sp³-hybridized carbons (Fsp3) is 0.115. The Labute approximate surface area is 195 Å². The first-order valence-corrected chi connectivity index (χ1v) is 10.6. The summed E-state index contributed by atoms with van der Waals surface area (Å²) in [4.78, 5) is 24.6. The van der Waals surface area contributed by atoms with E-state index in [2.05, 4.69) is 20.8 Å². The molecule has 0 saturated heterocycles. The van der Waals surface area contributed by atoms with Crippen LogP contribution in [0.2, 0.25) is 0 Å². The van der Waals surface area contributed by atoms with Crippen LogP contribution in [0.15, 0.2) is 78.9 Å². The Bertz CT molecular complexity index is 1280. The number of halogens is 2. The highest BCUT2D eigenvalue weighted by molar-refractivity contribution is 5.96. The summed E-state index contributed by atoms with van der Waals surface area (Å²) in [7, 11) is 0. The standard InChI is InChI=1S/C26H22F2N4O2/c1-16(29-25(33)13-17-11-21(27)14-22(28)12-17)26(34)30-24-15-23(31-32-24)20-9-7-19(8-10-20)18-5-3-2-4-6-18/h2-12,14-16H,13H2,1H3,(H,29,33)(H2,30,31,32,34). The zero-order valence-corrected chi connectivity index (χ0v) is 18.3. The van der Waals surface area contributed by atoms with E-state index < -0.39 is 29.5 Å². The number of nitrogens with zero attached hydrogens (tertiary/aromatic N) is 1. The number of aromatic nitrogens is 2. The van der Waals surface area contributed by atoms with Gasteiger partial charge in [0.25, 0.3) is 0 Å². The fourth-order valence-electron chi connectivity index (χ4n) is 3.50. The average molecular weight is 460 g/mol. The first-order valence-electron chi connectivity index (χ1n) is 10.6. The Kier molecular flexibility index (Phi) is 6.77. The molecular formula is C26H22F2N4O2. The second kappa shape index (κ2) is 10.1. The SMILES string of the molecule is CC(NC(=O)Cc1cc(F)cc(F)c1)C(=O)Nc1cc(-c2ccc(-c3ccccc3)cc2)n[nH]1. The van der Waals surface area contributed by atoms with Crippen molar-refractivity contribution in [2.45, 2.75) is 19.4 Å². The van der Waals surface area contributed by atoms with Crippen LogP contribution in [0.4, 0.5) is 14.6 Å². The van der Waals surface area contributed by atoms with Gasteiger partial charge in [-0.25, -0.2) is 8.78 Å². The zero-order valence-electron chi connectivity index (χ0n) is 18.3. The number of anilines is 1. The molecule has 3 aromatic carbocycles. The minimum atomic E-state index is -0.872. The summed E-state index contributed by atoms with van der Waals surface area (Å²) < 4.78 is 26.6. The Morgan fingerprint density at radius 1 is 0.882 bits per heavy atom. The van der Waals surface area contributed by atoms with Gasteiger partial charge in [-0.2, -0.15) is 5.10 Å². The van der Waals surface area contributed by atoms with Crippen molar-refractivity contribution in [2.24, 2.45) is 0 Å². The van der Waals surface area contributed by atoms with Crippen LogP contribution in [-0.2, 0) is 16.0 Å². The van der Waals surface area contributed by atoms with Gasteiger partial charge in [-0.3, -0.25) is 14.7 Å². The average Bonchev–Trinajstić information content (AvgIpc) is 3.27. The number of hydrogen-bond donors (Lipinski definition) is 3. The predicted octanol–water partition coefficient (Wildman–Crippen LogP) is 4.71. The number of nitrogens with one attached hydrogen (secondary N) is 3. The smallest absolute Gasteiger partial charge is 0.247 e. The minimum absolute atomic E-state index is 0.180. The molecule has 172 valence electrons. The van der Waals surface area contributed by atoms with Crippen LogP contribution in [0.1, 0.15) is 12.5 Å². The predicted molar refractivity (Wildman–Crippen MR) is 126 cm³/mol. The first kappa shape index (κ1) is 22.8. The molecular weight excluding hydrogens is 438 g/mol. The van der Waals surface area contributed by atoms with Gasteiger partial charge in [-0.15, -0.1) is 0 Å². The molecule has 1 aromatic heterocycles. The van der Waals surface area contributed by atoms with Crippen LogP contribution in [0.25, 0.3) is 22.4 Å². The lowest BCUT2D eigenvalue weighted by Gasteiger charge is -2.13. The summed E-state index contributed by atoms with van der Waals surface area (Å²) in [5.74, 6) is -2.15. The molecule has 4 rings (SSSR count). The van der Waals surface area contributed by atoms with E-state index in [9.17, 15) is 18.4 Å². The maximum Gasteiger partial charge on any atom is 0.247 e. The summed E-state index contributed by atoms with van der Waals surface area (Å²) in [5.41, 5.74) is 3.90. The van der Waals surface area contributed by atoms with Crippen molar-refractivity contribution in [3.8, 4) is 22.4 Å². The second-order valence-corrected chi connectivity index (χ2v) is 7.84. The van der Waals surface area contributed by atoms with Crippen LogP contribution in [0.5, 0.6) is 0 Å². The van der Waals surface area contributed by atoms with E-state index in [4.69, 9.17) is 0 Å². The molecule has 0 aliphatic rings. The highest BCUT2D eigenvalue weighted by atomic mass is 19.1. The summed E-state index contributed by atoms with van der Waals surface area (Å²) in [6, 6.07) is 21.6. The van der Waals surface area contributed by atoms with Gasteiger partial charge in [0, 0.05) is 17.7 Å². The number of rotatable bonds is 7. The van der Waals surface area contributed by atoms with Crippen LogP contribution >= 0.6 is 0 Å². The molecule has 6 nitrogen and oxygen atoms in total. The molecule has 3 N–H and O–H groups in total. The van der Waals surface area contributed by atoms with Gasteiger partial charge >= 0.3 is 0 Å². The van der Waals surface area contributed by atoms with Gasteiger partial charge in [0.1, 0.15) is 23.5 Å². The molecule has 0 spiro atoms. The maximum atomic E-state index is 13.3. The summed E-state index contributed by atoms with van der Waals surface area (Å²) in [5, 5.41) is 12.2. The highest BCUT2D eigenvalue weighted by Crippen LogP contribution is 2.25. The zero-order chi connectivity index (χ0) is 24.1. The molecule has 1 heterocycles. The van der Waals surface area contributed by atoms with Gasteiger partial charge in [0.15, 0.2) is 0 Å². The normalized spacial score (nSPS) is 11.6. The van der Waals surface area contributed by atoms with Crippen LogP contribution in [-0.4, -0.2) is 28.1 Å². The van der Waals surface area contributed by atoms with E-state index in [1.165, 1.54) is 6.92 Å². The van der Waals surface area contributed by atoms with Crippen molar-refractivity contribution in [1.82, 2.24) is 15.5 Å². The largest absolute Gasteiger partial charge is 0.344 e. The Hall–Kier alpha value is -4.33. The second-order valence-electron chi connectivity index (χ2n) is 7.84. The van der Waals surface area contributed by atoms with Gasteiger partial charge in [0.2, 0.25) is 11.8 Å². The molecule has 0 bridgehead atoms. The lowest BCUT2D eigenvalue weighted by Crippen LogP contribution is -2.42. The van der Waals surface area contributed by atoms with Gasteiger partial charge in [-0.05, 0) is 35.7 Å². The molecule has 8 heteroatoms. The van der Waals surface area contributed by atoms with Gasteiger partial charge in [0.05, 0.1) is 12.1 Å². The Morgan fingerprint density at radius 3 is 2.18 bits per heavy atom. The molecule has 0 aliphatic heterocycles. The van der Waals surface area contributed by atoms with E-state index >= 15 is 0 Å². The first-order chi connectivity index (χ1) is 16.4. The van der Waals surface area contributed by atoms with E-state index in [0.717, 1.165) is 34.9 Å². The van der Waals surface area contributed by atoms with Crippen molar-refractivity contribution in [1.29, 1.82) is 0 Å². The Morgan fingerprint density at radius 2 is 1.50 bits per heavy atom. The van der Waals surface area contributed by atoms with Crippen molar-refractivity contribution in [3.63, 3.8) is 0 Å². The van der Waals surface area contributed by atoms with E-state index in [0.29, 0.717) is 11.5 Å². The van der Waals surface area contributed by atoms with E-state index in [1.54, 1.807) is 6.07 Å². The molecule has 0 saturated carbocycles. The monoisotopic (exact) mass is 460 g/mol. The van der Waals surface area contributed by atoms with Gasteiger partial charge in [-0.1, -0.05) is 54.6 Å². The number of hydrogen-bond acceptors (Lipinski definition) is 3. The van der Waals surface area contributed by atoms with Crippen LogP contribution < -0.4 is 10.6 Å². The van der Waals surface area contributed by atoms with Crippen molar-refractivity contribution in [3.05, 3.63) is 96.1 Å². The molecule has 0 fully saturated rings. The fourth-order valence-corrected chi connectivity index (χ4v) is 3.50. The minimum Gasteiger partial charge on any atom is -0.344 e. The molecule has 1 unspecified atom stereocenters. The van der Waals surface area contributed by atoms with Crippen molar-refractivity contribution >= 4 is 17.6 Å². The van der Waals surface area contributed by atoms with E-state index in [-0.39, 0.29) is 12.0 Å². The van der Waals surface area contributed by atoms with Crippen LogP contribution in [0.3, 0.4) is 0 Å². The third kappa shape index (κ3) is 5.72. The quantitative estimate of drug-likeness (QED) is 0.373. The number of H-pyrrole nitrogens is 1. The molecule has 0 aliphatic carbocycles. The molecule has 34 heavy (non-hydrogen) atoms. The topological polar surface area (TPSA) is 86.9 Å². The summed E-state index contributed by atoms with van der Waals surface area (Å²) >= 11 is 0. The third-order valence-electron chi connectivity index (χ3n) is 5.18. The number of carbonyl (C=O) groups excluding carboxylic acids is 2. The summed E-state index contributed by atoms with van der Waals surface area (Å²) in [6.07, 6.45) is -0.251. The van der Waals surface area contributed by atoms with Crippen molar-refractivity contribution < 1.29 is 18.4 Å². The number of benzene rings is 3. The number of aromatic amines is 1. The molecule has 0 radical (unpaired) electrons.